The first-order valence-electron chi connectivity index (χ1n) is 9.03. The van der Waals surface area contributed by atoms with Crippen molar-refractivity contribution < 1.29 is 19.1 Å². The van der Waals surface area contributed by atoms with Crippen LogP contribution in [0, 0.1) is 5.92 Å². The van der Waals surface area contributed by atoms with E-state index in [9.17, 15) is 9.59 Å². The zero-order chi connectivity index (χ0) is 20.0. The molecule has 0 aliphatic carbocycles. The fraction of sp³-hybridized carbons (Fsp3) is 0.667. The number of carbonyl (C=O) groups excluding carboxylic acids is 2. The van der Waals surface area contributed by atoms with Gasteiger partial charge >= 0.3 is 12.1 Å². The predicted molar refractivity (Wildman–Crippen MR) is 104 cm³/mol. The van der Waals surface area contributed by atoms with Crippen LogP contribution in [0.15, 0.2) is 11.4 Å². The van der Waals surface area contributed by atoms with Gasteiger partial charge in [-0.25, -0.2) is 19.6 Å². The summed E-state index contributed by atoms with van der Waals surface area (Å²) >= 11 is 1.42. The second-order valence-corrected chi connectivity index (χ2v) is 8.07. The van der Waals surface area contributed by atoms with Crippen molar-refractivity contribution in [3.05, 3.63) is 11.8 Å². The molecule has 1 unspecified atom stereocenters. The van der Waals surface area contributed by atoms with Gasteiger partial charge in [0.05, 0.1) is 6.61 Å². The van der Waals surface area contributed by atoms with Crippen LogP contribution in [-0.4, -0.2) is 60.1 Å². The summed E-state index contributed by atoms with van der Waals surface area (Å²) in [4.78, 5) is 34.8. The normalized spacial score (nSPS) is 16.9. The van der Waals surface area contributed by atoms with E-state index in [1.165, 1.54) is 18.0 Å². The summed E-state index contributed by atoms with van der Waals surface area (Å²) in [5.41, 5.74) is -0.148. The lowest BCUT2D eigenvalue weighted by Gasteiger charge is -2.22. The van der Waals surface area contributed by atoms with Crippen molar-refractivity contribution in [1.82, 2.24) is 15.3 Å². The number of rotatable bonds is 6. The van der Waals surface area contributed by atoms with Crippen LogP contribution in [0.25, 0.3) is 0 Å². The van der Waals surface area contributed by atoms with E-state index in [0.29, 0.717) is 36.2 Å². The van der Waals surface area contributed by atoms with Crippen molar-refractivity contribution in [2.24, 2.45) is 5.92 Å². The molecule has 1 aliphatic rings. The number of amides is 1. The van der Waals surface area contributed by atoms with Crippen LogP contribution in [0.4, 0.5) is 10.6 Å². The third-order valence-corrected chi connectivity index (χ3v) is 4.51. The second-order valence-electron chi connectivity index (χ2n) is 7.30. The van der Waals surface area contributed by atoms with E-state index < -0.39 is 17.7 Å². The Hall–Kier alpha value is -2.03. The molecule has 1 aromatic heterocycles. The number of esters is 1. The Bertz CT molecular complexity index is 678. The Morgan fingerprint density at radius 3 is 2.78 bits per heavy atom. The van der Waals surface area contributed by atoms with E-state index >= 15 is 0 Å². The van der Waals surface area contributed by atoms with Crippen molar-refractivity contribution in [3.8, 4) is 0 Å². The Balaban J connectivity index is 2.03. The summed E-state index contributed by atoms with van der Waals surface area (Å²) in [5.74, 6) is 0.420. The van der Waals surface area contributed by atoms with Gasteiger partial charge in [0.15, 0.2) is 5.16 Å². The molecule has 1 amide bonds. The molecule has 150 valence electrons. The van der Waals surface area contributed by atoms with Crippen LogP contribution in [0.5, 0.6) is 0 Å². The van der Waals surface area contributed by atoms with Gasteiger partial charge in [0.2, 0.25) is 0 Å². The van der Waals surface area contributed by atoms with Gasteiger partial charge in [0.1, 0.15) is 17.0 Å². The summed E-state index contributed by atoms with van der Waals surface area (Å²) in [6.07, 6.45) is 3.88. The molecule has 1 atom stereocenters. The Morgan fingerprint density at radius 1 is 1.41 bits per heavy atom. The van der Waals surface area contributed by atoms with E-state index in [1.807, 2.05) is 27.0 Å². The molecule has 0 aromatic carbocycles. The van der Waals surface area contributed by atoms with Gasteiger partial charge in [0.25, 0.3) is 0 Å². The van der Waals surface area contributed by atoms with Crippen LogP contribution < -0.4 is 10.2 Å². The Morgan fingerprint density at radius 2 is 2.15 bits per heavy atom. The highest BCUT2D eigenvalue weighted by Crippen LogP contribution is 2.27. The molecule has 2 rings (SSSR count). The lowest BCUT2D eigenvalue weighted by Crippen LogP contribution is -2.36. The van der Waals surface area contributed by atoms with E-state index in [-0.39, 0.29) is 5.92 Å². The lowest BCUT2D eigenvalue weighted by atomic mass is 10.1. The van der Waals surface area contributed by atoms with Gasteiger partial charge in [-0.1, -0.05) is 11.8 Å². The third kappa shape index (κ3) is 6.27. The van der Waals surface area contributed by atoms with Crippen LogP contribution in [0.2, 0.25) is 0 Å². The molecular formula is C18H28N4O4S. The maximum Gasteiger partial charge on any atom is 0.407 e. The van der Waals surface area contributed by atoms with Gasteiger partial charge in [-0.05, 0) is 46.3 Å². The van der Waals surface area contributed by atoms with E-state index in [0.717, 1.165) is 13.0 Å². The molecule has 0 radical (unpaired) electrons. The van der Waals surface area contributed by atoms with Crippen LogP contribution in [-0.2, 0) is 9.47 Å². The Kier molecular flexibility index (Phi) is 7.29. The summed E-state index contributed by atoms with van der Waals surface area (Å²) in [6.45, 7) is 9.51. The number of anilines is 1. The third-order valence-electron chi connectivity index (χ3n) is 3.94. The maximum absolute atomic E-state index is 12.2. The molecule has 0 saturated carbocycles. The maximum atomic E-state index is 12.2. The molecule has 0 spiro atoms. The van der Waals surface area contributed by atoms with Gasteiger partial charge in [0, 0.05) is 25.8 Å². The monoisotopic (exact) mass is 396 g/mol. The topological polar surface area (TPSA) is 93.6 Å². The van der Waals surface area contributed by atoms with Crippen LogP contribution >= 0.6 is 11.8 Å². The van der Waals surface area contributed by atoms with E-state index in [2.05, 4.69) is 20.2 Å². The minimum atomic E-state index is -0.518. The number of hydrogen-bond acceptors (Lipinski definition) is 8. The number of nitrogens with zero attached hydrogens (tertiary/aromatic N) is 3. The molecule has 8 nitrogen and oxygen atoms in total. The molecule has 1 fully saturated rings. The number of nitrogens with one attached hydrogen (secondary N) is 1. The zero-order valence-corrected chi connectivity index (χ0v) is 17.4. The molecule has 0 bridgehead atoms. The molecule has 1 saturated heterocycles. The molecule has 1 N–H and O–H groups in total. The van der Waals surface area contributed by atoms with Gasteiger partial charge in [-0.15, -0.1) is 0 Å². The smallest absolute Gasteiger partial charge is 0.407 e. The predicted octanol–water partition coefficient (Wildman–Crippen LogP) is 2.73. The molecule has 2 heterocycles. The minimum Gasteiger partial charge on any atom is -0.462 e. The first-order chi connectivity index (χ1) is 12.7. The second kappa shape index (κ2) is 9.25. The van der Waals surface area contributed by atoms with Crippen molar-refractivity contribution in [2.75, 3.05) is 37.4 Å². The number of carbonyl (C=O) groups is 2. The number of hydrogen-bond donors (Lipinski definition) is 1. The summed E-state index contributed by atoms with van der Waals surface area (Å²) in [7, 11) is 0. The van der Waals surface area contributed by atoms with E-state index in [4.69, 9.17) is 9.47 Å². The van der Waals surface area contributed by atoms with Gasteiger partial charge in [-0.3, -0.25) is 0 Å². The van der Waals surface area contributed by atoms with Crippen LogP contribution in [0.1, 0.15) is 44.5 Å². The number of aromatic nitrogens is 2. The highest BCUT2D eigenvalue weighted by Gasteiger charge is 2.29. The standard InChI is InChI=1S/C18H28N4O4S/c1-6-25-15(23)13-10-19-16(27-5)21-14(13)22-8-7-12(11-22)9-20-17(24)26-18(2,3)4/h10,12H,6-9,11H2,1-5H3,(H,20,24). The van der Waals surface area contributed by atoms with Gasteiger partial charge < -0.3 is 19.7 Å². The highest BCUT2D eigenvalue weighted by molar-refractivity contribution is 7.98. The Labute approximate surface area is 164 Å². The zero-order valence-electron chi connectivity index (χ0n) is 16.6. The first-order valence-corrected chi connectivity index (χ1v) is 10.3. The van der Waals surface area contributed by atoms with E-state index in [1.54, 1.807) is 6.92 Å². The minimum absolute atomic E-state index is 0.250. The largest absolute Gasteiger partial charge is 0.462 e. The molecule has 27 heavy (non-hydrogen) atoms. The summed E-state index contributed by atoms with van der Waals surface area (Å²) in [5, 5.41) is 3.42. The van der Waals surface area contributed by atoms with Gasteiger partial charge in [-0.2, -0.15) is 0 Å². The van der Waals surface area contributed by atoms with Crippen molar-refractivity contribution in [1.29, 1.82) is 0 Å². The summed E-state index contributed by atoms with van der Waals surface area (Å²) in [6, 6.07) is 0. The summed E-state index contributed by atoms with van der Waals surface area (Å²) < 4.78 is 10.4. The molecule has 1 aliphatic heterocycles. The molecular weight excluding hydrogens is 368 g/mol. The average Bonchev–Trinajstić information content (AvgIpc) is 3.07. The molecule has 1 aromatic rings. The lowest BCUT2D eigenvalue weighted by molar-refractivity contribution is 0.0513. The van der Waals surface area contributed by atoms with Crippen molar-refractivity contribution in [3.63, 3.8) is 0 Å². The number of thioether (sulfide) groups is 1. The SMILES string of the molecule is CCOC(=O)c1cnc(SC)nc1N1CCC(CNC(=O)OC(C)(C)C)C1. The number of alkyl carbamates (subject to hydrolysis) is 1. The molecule has 9 heteroatoms. The first kappa shape index (κ1) is 21.3. The highest BCUT2D eigenvalue weighted by atomic mass is 32.2. The fourth-order valence-corrected chi connectivity index (χ4v) is 3.12. The van der Waals surface area contributed by atoms with Crippen molar-refractivity contribution >= 4 is 29.6 Å². The van der Waals surface area contributed by atoms with Crippen molar-refractivity contribution in [2.45, 2.75) is 44.9 Å². The van der Waals surface area contributed by atoms with Crippen LogP contribution in [0.3, 0.4) is 0 Å². The average molecular weight is 397 g/mol. The number of ether oxygens (including phenoxy) is 2. The quantitative estimate of drug-likeness (QED) is 0.446. The fourth-order valence-electron chi connectivity index (χ4n) is 2.78.